The van der Waals surface area contributed by atoms with Gasteiger partial charge in [0.1, 0.15) is 0 Å². The van der Waals surface area contributed by atoms with Crippen LogP contribution >= 0.6 is 27.5 Å². The topological polar surface area (TPSA) is 32.3 Å². The largest absolute Gasteiger partial charge is 0.352 e. The summed E-state index contributed by atoms with van der Waals surface area (Å²) in [6.07, 6.45) is 1.15. The number of carbonyl (C=O) groups is 1. The molecule has 110 valence electrons. The van der Waals surface area contributed by atoms with E-state index >= 15 is 0 Å². The third-order valence-corrected chi connectivity index (χ3v) is 4.58. The van der Waals surface area contributed by atoms with E-state index in [1.165, 1.54) is 0 Å². The number of hydrogen-bond acceptors (Lipinski definition) is 2. The van der Waals surface area contributed by atoms with Crippen LogP contribution < -0.4 is 5.32 Å². The fourth-order valence-electron chi connectivity index (χ4n) is 2.50. The molecule has 0 unspecified atom stereocenters. The Morgan fingerprint density at radius 3 is 2.90 bits per heavy atom. The summed E-state index contributed by atoms with van der Waals surface area (Å²) in [5.74, 6) is 0.445. The molecule has 1 atom stereocenters. The third-order valence-electron chi connectivity index (χ3n) is 3.77. The van der Waals surface area contributed by atoms with Gasteiger partial charge in [-0.15, -0.1) is 0 Å². The van der Waals surface area contributed by atoms with Crippen LogP contribution in [0.15, 0.2) is 22.7 Å². The summed E-state index contributed by atoms with van der Waals surface area (Å²) >= 11 is 9.42. The van der Waals surface area contributed by atoms with Gasteiger partial charge >= 0.3 is 0 Å². The molecule has 2 rings (SSSR count). The van der Waals surface area contributed by atoms with E-state index in [4.69, 9.17) is 11.6 Å². The number of likely N-dealkylation sites (tertiary alicyclic amines) is 1. The molecule has 1 fully saturated rings. The van der Waals surface area contributed by atoms with Crippen molar-refractivity contribution in [2.24, 2.45) is 5.92 Å². The molecule has 1 N–H and O–H groups in total. The van der Waals surface area contributed by atoms with Crippen LogP contribution in [0.3, 0.4) is 0 Å². The molecular formula is C15H20BrClN2O. The lowest BCUT2D eigenvalue weighted by Gasteiger charge is -2.20. The molecule has 0 aliphatic carbocycles. The monoisotopic (exact) mass is 358 g/mol. The maximum absolute atomic E-state index is 12.1. The van der Waals surface area contributed by atoms with Gasteiger partial charge < -0.3 is 10.2 Å². The highest BCUT2D eigenvalue weighted by molar-refractivity contribution is 9.10. The molecule has 0 spiro atoms. The second-order valence-corrected chi connectivity index (χ2v) is 6.90. The number of nitrogens with zero attached hydrogens (tertiary/aromatic N) is 1. The Bertz CT molecular complexity index is 493. The number of nitrogens with one attached hydrogen (secondary N) is 1. The number of rotatable bonds is 4. The third kappa shape index (κ3) is 3.96. The molecule has 1 aliphatic heterocycles. The van der Waals surface area contributed by atoms with Gasteiger partial charge in [0, 0.05) is 23.6 Å². The van der Waals surface area contributed by atoms with Crippen molar-refractivity contribution in [3.8, 4) is 0 Å². The summed E-state index contributed by atoms with van der Waals surface area (Å²) < 4.78 is 0.877. The van der Waals surface area contributed by atoms with Gasteiger partial charge in [0.05, 0.1) is 10.6 Å². The Morgan fingerprint density at radius 1 is 1.55 bits per heavy atom. The van der Waals surface area contributed by atoms with Crippen LogP contribution in [0.25, 0.3) is 0 Å². The van der Waals surface area contributed by atoms with Gasteiger partial charge in [0.25, 0.3) is 5.91 Å². The van der Waals surface area contributed by atoms with E-state index in [0.717, 1.165) is 24.0 Å². The van der Waals surface area contributed by atoms with Crippen LogP contribution in [0.1, 0.15) is 30.6 Å². The van der Waals surface area contributed by atoms with E-state index in [9.17, 15) is 4.79 Å². The first kappa shape index (κ1) is 15.8. The first-order valence-electron chi connectivity index (χ1n) is 6.94. The second-order valence-electron chi connectivity index (χ2n) is 5.58. The molecule has 1 amide bonds. The van der Waals surface area contributed by atoms with Crippen LogP contribution in [-0.4, -0.2) is 36.5 Å². The van der Waals surface area contributed by atoms with Gasteiger partial charge in [-0.05, 0) is 50.9 Å². The van der Waals surface area contributed by atoms with Crippen LogP contribution in [-0.2, 0) is 0 Å². The molecule has 0 bridgehead atoms. The zero-order chi connectivity index (χ0) is 14.7. The minimum atomic E-state index is -0.0921. The summed E-state index contributed by atoms with van der Waals surface area (Å²) in [6, 6.07) is 5.90. The minimum Gasteiger partial charge on any atom is -0.352 e. The van der Waals surface area contributed by atoms with Gasteiger partial charge in [0.15, 0.2) is 0 Å². The van der Waals surface area contributed by atoms with Gasteiger partial charge in [-0.3, -0.25) is 4.79 Å². The lowest BCUT2D eigenvalue weighted by atomic mass is 10.1. The number of halogens is 2. The predicted octanol–water partition coefficient (Wildman–Crippen LogP) is 3.56. The quantitative estimate of drug-likeness (QED) is 0.891. The van der Waals surface area contributed by atoms with E-state index in [0.29, 0.717) is 29.1 Å². The standard InChI is InChI=1S/C15H20BrClN2O/c1-10(2)19-6-5-11(9-19)8-18-15(20)13-4-3-12(16)7-14(13)17/h3-4,7,10-11H,5-6,8-9H2,1-2H3,(H,18,20)/t11-/m1/s1. The smallest absolute Gasteiger partial charge is 0.252 e. The number of hydrogen-bond donors (Lipinski definition) is 1. The van der Waals surface area contributed by atoms with Crippen molar-refractivity contribution in [3.05, 3.63) is 33.3 Å². The Hall–Kier alpha value is -0.580. The van der Waals surface area contributed by atoms with E-state index in [1.807, 2.05) is 6.07 Å². The van der Waals surface area contributed by atoms with Gasteiger partial charge in [-0.2, -0.15) is 0 Å². The van der Waals surface area contributed by atoms with Crippen LogP contribution in [0.2, 0.25) is 5.02 Å². The molecule has 1 saturated heterocycles. The van der Waals surface area contributed by atoms with E-state index in [2.05, 4.69) is 40.0 Å². The average Bonchev–Trinajstić information content (AvgIpc) is 2.85. The zero-order valence-corrected chi connectivity index (χ0v) is 14.2. The summed E-state index contributed by atoms with van der Waals surface area (Å²) in [5, 5.41) is 3.47. The highest BCUT2D eigenvalue weighted by Crippen LogP contribution is 2.22. The minimum absolute atomic E-state index is 0.0921. The number of benzene rings is 1. The second kappa shape index (κ2) is 6.92. The Morgan fingerprint density at radius 2 is 2.30 bits per heavy atom. The molecule has 1 aliphatic rings. The van der Waals surface area contributed by atoms with E-state index in [-0.39, 0.29) is 5.91 Å². The summed E-state index contributed by atoms with van der Waals surface area (Å²) in [6.45, 7) is 7.32. The Balaban J connectivity index is 1.87. The van der Waals surface area contributed by atoms with Crippen LogP contribution in [0, 0.1) is 5.92 Å². The number of amides is 1. The maximum atomic E-state index is 12.1. The van der Waals surface area contributed by atoms with Crippen molar-refractivity contribution in [2.75, 3.05) is 19.6 Å². The molecular weight excluding hydrogens is 340 g/mol. The van der Waals surface area contributed by atoms with Crippen LogP contribution in [0.5, 0.6) is 0 Å². The molecule has 0 saturated carbocycles. The van der Waals surface area contributed by atoms with Crippen molar-refractivity contribution in [3.63, 3.8) is 0 Å². The number of carbonyl (C=O) groups excluding carboxylic acids is 1. The Kier molecular flexibility index (Phi) is 5.47. The van der Waals surface area contributed by atoms with Crippen molar-refractivity contribution in [1.82, 2.24) is 10.2 Å². The van der Waals surface area contributed by atoms with Gasteiger partial charge in [-0.1, -0.05) is 27.5 Å². The maximum Gasteiger partial charge on any atom is 0.252 e. The van der Waals surface area contributed by atoms with Crippen molar-refractivity contribution >= 4 is 33.4 Å². The lowest BCUT2D eigenvalue weighted by Crippen LogP contribution is -2.33. The van der Waals surface area contributed by atoms with E-state index < -0.39 is 0 Å². The summed E-state index contributed by atoms with van der Waals surface area (Å²) in [4.78, 5) is 14.6. The first-order valence-corrected chi connectivity index (χ1v) is 8.11. The molecule has 1 heterocycles. The normalized spacial score (nSPS) is 19.6. The molecule has 20 heavy (non-hydrogen) atoms. The highest BCUT2D eigenvalue weighted by atomic mass is 79.9. The zero-order valence-electron chi connectivity index (χ0n) is 11.8. The Labute approximate surface area is 133 Å². The van der Waals surface area contributed by atoms with Crippen molar-refractivity contribution in [1.29, 1.82) is 0 Å². The molecule has 5 heteroatoms. The highest BCUT2D eigenvalue weighted by Gasteiger charge is 2.24. The van der Waals surface area contributed by atoms with E-state index in [1.54, 1.807) is 12.1 Å². The fraction of sp³-hybridized carbons (Fsp3) is 0.533. The van der Waals surface area contributed by atoms with Crippen LogP contribution in [0.4, 0.5) is 0 Å². The molecule has 0 radical (unpaired) electrons. The summed E-state index contributed by atoms with van der Waals surface area (Å²) in [7, 11) is 0. The molecule has 3 nitrogen and oxygen atoms in total. The predicted molar refractivity (Wildman–Crippen MR) is 86.3 cm³/mol. The first-order chi connectivity index (χ1) is 9.47. The van der Waals surface area contributed by atoms with Crippen molar-refractivity contribution in [2.45, 2.75) is 26.3 Å². The molecule has 1 aromatic rings. The SMILES string of the molecule is CC(C)N1CC[C@H](CNC(=O)c2ccc(Br)cc2Cl)C1. The van der Waals surface area contributed by atoms with Crippen molar-refractivity contribution < 1.29 is 4.79 Å². The fourth-order valence-corrected chi connectivity index (χ4v) is 3.26. The molecule has 1 aromatic carbocycles. The molecule has 0 aromatic heterocycles. The summed E-state index contributed by atoms with van der Waals surface area (Å²) in [5.41, 5.74) is 0.536. The lowest BCUT2D eigenvalue weighted by molar-refractivity contribution is 0.0947. The van der Waals surface area contributed by atoms with Gasteiger partial charge in [0.2, 0.25) is 0 Å². The average molecular weight is 360 g/mol. The van der Waals surface area contributed by atoms with Gasteiger partial charge in [-0.25, -0.2) is 0 Å².